The van der Waals surface area contributed by atoms with Crippen LogP contribution in [-0.4, -0.2) is 47.4 Å². The Hall–Kier alpha value is -4.04. The Morgan fingerprint density at radius 1 is 0.868 bits per heavy atom. The zero-order valence-electron chi connectivity index (χ0n) is 22.0. The number of rotatable bonds is 11. The lowest BCUT2D eigenvalue weighted by Gasteiger charge is -2.14. The van der Waals surface area contributed by atoms with E-state index >= 15 is 0 Å². The van der Waals surface area contributed by atoms with Crippen LogP contribution in [0, 0.1) is 5.92 Å². The molecule has 0 bridgehead atoms. The maximum atomic E-state index is 13.1. The van der Waals surface area contributed by atoms with E-state index in [1.165, 1.54) is 0 Å². The van der Waals surface area contributed by atoms with Gasteiger partial charge in [-0.25, -0.2) is 0 Å². The van der Waals surface area contributed by atoms with Gasteiger partial charge in [0.25, 0.3) is 0 Å². The average Bonchev–Trinajstić information content (AvgIpc) is 3.70. The summed E-state index contributed by atoms with van der Waals surface area (Å²) in [6, 6.07) is 12.4. The lowest BCUT2D eigenvalue weighted by Crippen LogP contribution is -2.12. The van der Waals surface area contributed by atoms with Gasteiger partial charge in [0.1, 0.15) is 11.5 Å². The number of ketones is 1. The summed E-state index contributed by atoms with van der Waals surface area (Å²) in [6.45, 7) is 0. The van der Waals surface area contributed by atoms with Crippen LogP contribution in [0.4, 0.5) is 11.4 Å². The van der Waals surface area contributed by atoms with Crippen LogP contribution >= 0.6 is 11.6 Å². The minimum Gasteiger partial charge on any atom is -0.495 e. The van der Waals surface area contributed by atoms with Crippen LogP contribution in [0.2, 0.25) is 5.02 Å². The Bertz CT molecular complexity index is 1350. The van der Waals surface area contributed by atoms with E-state index in [-0.39, 0.29) is 17.7 Å². The predicted molar refractivity (Wildman–Crippen MR) is 150 cm³/mol. The van der Waals surface area contributed by atoms with Crippen LogP contribution in [0.5, 0.6) is 28.7 Å². The van der Waals surface area contributed by atoms with Gasteiger partial charge in [0, 0.05) is 29.3 Å². The number of ether oxygens (including phenoxy) is 5. The van der Waals surface area contributed by atoms with Crippen LogP contribution in [0.1, 0.15) is 27.9 Å². The molecule has 8 nitrogen and oxygen atoms in total. The zero-order chi connectivity index (χ0) is 27.4. The van der Waals surface area contributed by atoms with Gasteiger partial charge in [0.05, 0.1) is 46.3 Å². The molecule has 1 aliphatic carbocycles. The number of methoxy groups -OCH3 is 5. The number of nitrogens with two attached hydrogens (primary N) is 1. The van der Waals surface area contributed by atoms with Gasteiger partial charge in [-0.05, 0) is 53.9 Å². The van der Waals surface area contributed by atoms with Crippen molar-refractivity contribution in [2.45, 2.75) is 12.5 Å². The quantitative estimate of drug-likeness (QED) is 0.179. The molecule has 1 saturated carbocycles. The molecule has 38 heavy (non-hydrogen) atoms. The number of benzene rings is 3. The standard InChI is InChI=1S/C29H31ClN2O6/c1-34-24-9-8-18(13-21(24)31)28(33)19-14-23(19)32-22-15-25(35-2)20(30)12-17(22)7-6-16-10-26(36-3)29(38-5)27(11-16)37-4/h6-13,15,19,23,32H,14,31H2,1-5H3/b7-6-. The van der Waals surface area contributed by atoms with Crippen molar-refractivity contribution in [2.24, 2.45) is 5.92 Å². The highest BCUT2D eigenvalue weighted by molar-refractivity contribution is 6.32. The van der Waals surface area contributed by atoms with Crippen LogP contribution in [0.15, 0.2) is 42.5 Å². The van der Waals surface area contributed by atoms with E-state index in [1.54, 1.807) is 53.7 Å². The second-order valence-corrected chi connectivity index (χ2v) is 9.19. The zero-order valence-corrected chi connectivity index (χ0v) is 22.7. The maximum Gasteiger partial charge on any atom is 0.203 e. The normalized spacial score (nSPS) is 16.2. The molecule has 0 amide bonds. The minimum atomic E-state index is -0.170. The highest BCUT2D eigenvalue weighted by Crippen LogP contribution is 2.41. The number of nitrogen functional groups attached to an aromatic ring is 1. The monoisotopic (exact) mass is 538 g/mol. The van der Waals surface area contributed by atoms with Crippen molar-refractivity contribution >= 4 is 40.9 Å². The van der Waals surface area contributed by atoms with Crippen molar-refractivity contribution in [1.82, 2.24) is 0 Å². The van der Waals surface area contributed by atoms with E-state index in [9.17, 15) is 4.79 Å². The summed E-state index contributed by atoms with van der Waals surface area (Å²) in [5, 5.41) is 3.96. The number of hydrogen-bond donors (Lipinski definition) is 2. The molecule has 4 rings (SSSR count). The van der Waals surface area contributed by atoms with E-state index in [1.807, 2.05) is 36.4 Å². The summed E-state index contributed by atoms with van der Waals surface area (Å²) in [7, 11) is 7.82. The molecule has 3 aromatic carbocycles. The number of hydrogen-bond acceptors (Lipinski definition) is 8. The van der Waals surface area contributed by atoms with Gasteiger partial charge >= 0.3 is 0 Å². The summed E-state index contributed by atoms with van der Waals surface area (Å²) in [5.74, 6) is 2.57. The first kappa shape index (κ1) is 27.0. The van der Waals surface area contributed by atoms with E-state index < -0.39 is 0 Å². The highest BCUT2D eigenvalue weighted by Gasteiger charge is 2.43. The Balaban J connectivity index is 1.58. The Morgan fingerprint density at radius 2 is 1.53 bits per heavy atom. The molecule has 2 unspecified atom stereocenters. The Labute approximate surface area is 227 Å². The number of carbonyl (C=O) groups is 1. The first-order valence-electron chi connectivity index (χ1n) is 11.9. The fourth-order valence-electron chi connectivity index (χ4n) is 4.32. The third-order valence-electron chi connectivity index (χ3n) is 6.45. The second kappa shape index (κ2) is 11.6. The van der Waals surface area contributed by atoms with Crippen LogP contribution < -0.4 is 34.7 Å². The molecule has 2 atom stereocenters. The SMILES string of the molecule is COc1ccc(C(=O)C2CC2Nc2cc(OC)c(Cl)cc2/C=C\c2cc(OC)c(OC)c(OC)c2)cc1N. The summed E-state index contributed by atoms with van der Waals surface area (Å²) in [6.07, 6.45) is 4.55. The van der Waals surface area contributed by atoms with Gasteiger partial charge in [0.15, 0.2) is 17.3 Å². The molecular weight excluding hydrogens is 508 g/mol. The fraction of sp³-hybridized carbons (Fsp3) is 0.276. The molecule has 0 aromatic heterocycles. The fourth-order valence-corrected chi connectivity index (χ4v) is 4.57. The third kappa shape index (κ3) is 5.60. The van der Waals surface area contributed by atoms with Crippen LogP contribution in [0.3, 0.4) is 0 Å². The number of Topliss-reactive ketones (excluding diaryl/α,β-unsaturated/α-hetero) is 1. The molecular formula is C29H31ClN2O6. The molecule has 1 fully saturated rings. The van der Waals surface area contributed by atoms with E-state index in [0.29, 0.717) is 51.4 Å². The largest absolute Gasteiger partial charge is 0.495 e. The second-order valence-electron chi connectivity index (χ2n) is 8.78. The van der Waals surface area contributed by atoms with Crippen molar-refractivity contribution < 1.29 is 28.5 Å². The molecule has 0 radical (unpaired) electrons. The third-order valence-corrected chi connectivity index (χ3v) is 6.74. The van der Waals surface area contributed by atoms with Gasteiger partial charge in [0.2, 0.25) is 5.75 Å². The lowest BCUT2D eigenvalue weighted by molar-refractivity contribution is 0.0966. The van der Waals surface area contributed by atoms with Crippen molar-refractivity contribution in [1.29, 1.82) is 0 Å². The molecule has 3 aromatic rings. The van der Waals surface area contributed by atoms with Gasteiger partial charge in [-0.1, -0.05) is 23.8 Å². The number of anilines is 2. The molecule has 200 valence electrons. The van der Waals surface area contributed by atoms with Crippen molar-refractivity contribution in [3.05, 3.63) is 64.2 Å². The molecule has 9 heteroatoms. The molecule has 3 N–H and O–H groups in total. The maximum absolute atomic E-state index is 13.1. The molecule has 0 aliphatic heterocycles. The molecule has 1 aliphatic rings. The lowest BCUT2D eigenvalue weighted by atomic mass is 10.1. The average molecular weight is 539 g/mol. The Morgan fingerprint density at radius 3 is 2.11 bits per heavy atom. The van der Waals surface area contributed by atoms with Crippen molar-refractivity contribution in [3.63, 3.8) is 0 Å². The van der Waals surface area contributed by atoms with Crippen molar-refractivity contribution in [2.75, 3.05) is 46.6 Å². The van der Waals surface area contributed by atoms with E-state index in [0.717, 1.165) is 16.8 Å². The minimum absolute atomic E-state index is 0.0345. The van der Waals surface area contributed by atoms with Crippen LogP contribution in [-0.2, 0) is 0 Å². The van der Waals surface area contributed by atoms with Gasteiger partial charge in [-0.3, -0.25) is 4.79 Å². The Kier molecular flexibility index (Phi) is 8.22. The van der Waals surface area contributed by atoms with Gasteiger partial charge in [-0.2, -0.15) is 0 Å². The number of halogens is 1. The first-order chi connectivity index (χ1) is 18.3. The summed E-state index contributed by atoms with van der Waals surface area (Å²) in [4.78, 5) is 13.1. The molecule has 0 saturated heterocycles. The summed E-state index contributed by atoms with van der Waals surface area (Å²) in [5.41, 5.74) is 9.47. The van der Waals surface area contributed by atoms with Gasteiger partial charge < -0.3 is 34.7 Å². The smallest absolute Gasteiger partial charge is 0.203 e. The summed E-state index contributed by atoms with van der Waals surface area (Å²) >= 11 is 6.45. The number of carbonyl (C=O) groups excluding carboxylic acids is 1. The van der Waals surface area contributed by atoms with Gasteiger partial charge in [-0.15, -0.1) is 0 Å². The highest BCUT2D eigenvalue weighted by atomic mass is 35.5. The van der Waals surface area contributed by atoms with E-state index in [2.05, 4.69) is 5.32 Å². The summed E-state index contributed by atoms with van der Waals surface area (Å²) < 4.78 is 27.0. The molecule has 0 heterocycles. The van der Waals surface area contributed by atoms with Crippen molar-refractivity contribution in [3.8, 4) is 28.7 Å². The first-order valence-corrected chi connectivity index (χ1v) is 12.3. The van der Waals surface area contributed by atoms with E-state index in [4.69, 9.17) is 41.0 Å². The topological polar surface area (TPSA) is 101 Å². The van der Waals surface area contributed by atoms with Crippen LogP contribution in [0.25, 0.3) is 12.2 Å². The number of nitrogens with one attached hydrogen (secondary N) is 1. The predicted octanol–water partition coefficient (Wildman–Crippen LogP) is 5.82. The molecule has 0 spiro atoms.